The third-order valence-electron chi connectivity index (χ3n) is 2.07. The molecule has 0 unspecified atom stereocenters. The molecule has 0 aliphatic carbocycles. The summed E-state index contributed by atoms with van der Waals surface area (Å²) >= 11 is 5.83. The van der Waals surface area contributed by atoms with Crippen LogP contribution in [-0.4, -0.2) is 21.1 Å². The third kappa shape index (κ3) is 3.59. The second kappa shape index (κ2) is 6.03. The number of hydrogen-bond donors (Lipinski definition) is 2. The van der Waals surface area contributed by atoms with Gasteiger partial charge >= 0.3 is 6.09 Å². The number of benzene rings is 1. The van der Waals surface area contributed by atoms with Gasteiger partial charge in [-0.05, 0) is 31.5 Å². The van der Waals surface area contributed by atoms with Gasteiger partial charge in [0.05, 0.1) is 11.5 Å². The summed E-state index contributed by atoms with van der Waals surface area (Å²) in [6.45, 7) is 3.32. The number of carbonyl (C=O) groups excluding carboxylic acids is 1. The molecule has 8 heteroatoms. The summed E-state index contributed by atoms with van der Waals surface area (Å²) in [7, 11) is -3.87. The Morgan fingerprint density at radius 1 is 1.44 bits per heavy atom. The highest BCUT2D eigenvalue weighted by atomic mass is 35.5. The van der Waals surface area contributed by atoms with Gasteiger partial charge in [0.2, 0.25) is 0 Å². The molecule has 0 radical (unpaired) electrons. The average Bonchev–Trinajstić information content (AvgIpc) is 2.30. The van der Waals surface area contributed by atoms with E-state index in [9.17, 15) is 13.2 Å². The lowest BCUT2D eigenvalue weighted by molar-refractivity contribution is 0.150. The van der Waals surface area contributed by atoms with Gasteiger partial charge in [-0.2, -0.15) is 0 Å². The van der Waals surface area contributed by atoms with E-state index in [1.54, 1.807) is 19.9 Å². The van der Waals surface area contributed by atoms with Crippen LogP contribution in [0.25, 0.3) is 0 Å². The van der Waals surface area contributed by atoms with E-state index in [2.05, 4.69) is 4.74 Å². The van der Waals surface area contributed by atoms with Crippen LogP contribution in [0.4, 0.5) is 4.79 Å². The summed E-state index contributed by atoms with van der Waals surface area (Å²) in [4.78, 5) is 12.9. The van der Waals surface area contributed by atoms with E-state index < -0.39 is 16.1 Å². The molecule has 2 N–H and O–H groups in total. The lowest BCUT2D eigenvalue weighted by atomic mass is 10.2. The van der Waals surface area contributed by atoms with Gasteiger partial charge in [0, 0.05) is 5.02 Å². The van der Waals surface area contributed by atoms with Crippen molar-refractivity contribution in [2.45, 2.75) is 18.7 Å². The number of ether oxygens (including phenoxy) is 1. The fraction of sp³-hybridized carbons (Fsp3) is 0.300. The normalized spacial score (nSPS) is 11.1. The van der Waals surface area contributed by atoms with E-state index in [0.717, 1.165) is 0 Å². The number of sulfonamides is 1. The Labute approximate surface area is 110 Å². The molecule has 0 heterocycles. The molecule has 0 aliphatic rings. The average molecular weight is 293 g/mol. The molecule has 0 spiro atoms. The second-order valence-electron chi connectivity index (χ2n) is 3.31. The molecule has 6 nitrogen and oxygen atoms in total. The minimum Gasteiger partial charge on any atom is -0.449 e. The van der Waals surface area contributed by atoms with E-state index in [1.807, 2.05) is 10.3 Å². The SMILES string of the molecule is CCOC(=O)NNS(=O)(=O)c1cccc(Cl)c1C. The van der Waals surface area contributed by atoms with Crippen LogP contribution in [-0.2, 0) is 14.8 Å². The van der Waals surface area contributed by atoms with E-state index in [-0.39, 0.29) is 11.5 Å². The van der Waals surface area contributed by atoms with Crippen LogP contribution in [0.15, 0.2) is 23.1 Å². The molecule has 1 aromatic rings. The summed E-state index contributed by atoms with van der Waals surface area (Å²) in [5.74, 6) is 0. The molecule has 0 aromatic heterocycles. The smallest absolute Gasteiger partial charge is 0.422 e. The van der Waals surface area contributed by atoms with Gasteiger partial charge in [0.15, 0.2) is 0 Å². The summed E-state index contributed by atoms with van der Waals surface area (Å²) in [5.41, 5.74) is 2.33. The van der Waals surface area contributed by atoms with Crippen LogP contribution >= 0.6 is 11.6 Å². The van der Waals surface area contributed by atoms with Crippen molar-refractivity contribution in [1.29, 1.82) is 0 Å². The maximum atomic E-state index is 11.9. The summed E-state index contributed by atoms with van der Waals surface area (Å²) in [6, 6.07) is 4.47. The summed E-state index contributed by atoms with van der Waals surface area (Å²) < 4.78 is 28.3. The minimum absolute atomic E-state index is 0.00759. The van der Waals surface area contributed by atoms with Gasteiger partial charge in [0.25, 0.3) is 10.0 Å². The van der Waals surface area contributed by atoms with Crippen molar-refractivity contribution in [3.63, 3.8) is 0 Å². The lowest BCUT2D eigenvalue weighted by Gasteiger charge is -2.10. The molecule has 0 saturated carbocycles. The zero-order valence-electron chi connectivity index (χ0n) is 9.86. The molecule has 1 aromatic carbocycles. The van der Waals surface area contributed by atoms with Gasteiger partial charge < -0.3 is 4.74 Å². The van der Waals surface area contributed by atoms with Crippen LogP contribution in [0.5, 0.6) is 0 Å². The molecule has 0 saturated heterocycles. The number of rotatable bonds is 4. The first-order valence-electron chi connectivity index (χ1n) is 5.08. The largest absolute Gasteiger partial charge is 0.449 e. The number of hydrogen-bond acceptors (Lipinski definition) is 4. The van der Waals surface area contributed by atoms with E-state index >= 15 is 0 Å². The molecular weight excluding hydrogens is 280 g/mol. The Balaban J connectivity index is 2.87. The Hall–Kier alpha value is -1.31. The van der Waals surface area contributed by atoms with Crippen molar-refractivity contribution in [2.75, 3.05) is 6.61 Å². The Morgan fingerprint density at radius 3 is 2.72 bits per heavy atom. The number of halogens is 1. The van der Waals surface area contributed by atoms with Gasteiger partial charge in [-0.15, -0.1) is 4.83 Å². The highest BCUT2D eigenvalue weighted by molar-refractivity contribution is 7.89. The predicted molar refractivity (Wildman–Crippen MR) is 66.7 cm³/mol. The van der Waals surface area contributed by atoms with E-state index in [1.165, 1.54) is 12.1 Å². The highest BCUT2D eigenvalue weighted by Crippen LogP contribution is 2.22. The maximum Gasteiger partial charge on any atom is 0.422 e. The van der Waals surface area contributed by atoms with Gasteiger partial charge in [-0.3, -0.25) is 0 Å². The Bertz CT molecular complexity index is 545. The van der Waals surface area contributed by atoms with Crippen LogP contribution < -0.4 is 10.3 Å². The van der Waals surface area contributed by atoms with Crippen molar-refractivity contribution in [2.24, 2.45) is 0 Å². The monoisotopic (exact) mass is 292 g/mol. The number of amides is 1. The zero-order valence-corrected chi connectivity index (χ0v) is 11.4. The quantitative estimate of drug-likeness (QED) is 0.825. The topological polar surface area (TPSA) is 84.5 Å². The number of nitrogens with one attached hydrogen (secondary N) is 2. The van der Waals surface area contributed by atoms with Gasteiger partial charge in [-0.1, -0.05) is 17.7 Å². The molecule has 0 bridgehead atoms. The van der Waals surface area contributed by atoms with Crippen LogP contribution in [0, 0.1) is 6.92 Å². The summed E-state index contributed by atoms with van der Waals surface area (Å²) in [6.07, 6.45) is -0.874. The van der Waals surface area contributed by atoms with Crippen LogP contribution in [0.1, 0.15) is 12.5 Å². The highest BCUT2D eigenvalue weighted by Gasteiger charge is 2.18. The molecule has 0 fully saturated rings. The van der Waals surface area contributed by atoms with E-state index in [4.69, 9.17) is 11.6 Å². The fourth-order valence-electron chi connectivity index (χ4n) is 1.21. The summed E-state index contributed by atoms with van der Waals surface area (Å²) in [5, 5.41) is 0.328. The fourth-order valence-corrected chi connectivity index (χ4v) is 2.54. The molecule has 100 valence electrons. The van der Waals surface area contributed by atoms with E-state index in [0.29, 0.717) is 10.6 Å². The van der Waals surface area contributed by atoms with Gasteiger partial charge in [-0.25, -0.2) is 18.6 Å². The molecule has 0 aliphatic heterocycles. The standard InChI is InChI=1S/C10H13ClN2O4S/c1-3-17-10(14)12-13-18(15,16)9-6-4-5-8(11)7(9)2/h4-6,13H,3H2,1-2H3,(H,12,14). The Kier molecular flexibility index (Phi) is 4.94. The second-order valence-corrected chi connectivity index (χ2v) is 5.37. The van der Waals surface area contributed by atoms with Gasteiger partial charge in [0.1, 0.15) is 0 Å². The number of carbonyl (C=O) groups is 1. The Morgan fingerprint density at radius 2 is 2.11 bits per heavy atom. The van der Waals surface area contributed by atoms with Crippen LogP contribution in [0.3, 0.4) is 0 Å². The molecule has 18 heavy (non-hydrogen) atoms. The minimum atomic E-state index is -3.87. The van der Waals surface area contributed by atoms with Crippen molar-refractivity contribution in [3.05, 3.63) is 28.8 Å². The van der Waals surface area contributed by atoms with Crippen molar-refractivity contribution in [3.8, 4) is 0 Å². The first-order valence-corrected chi connectivity index (χ1v) is 6.94. The number of hydrazine groups is 1. The predicted octanol–water partition coefficient (Wildman–Crippen LogP) is 1.59. The maximum absolute atomic E-state index is 11.9. The zero-order chi connectivity index (χ0) is 13.8. The van der Waals surface area contributed by atoms with Crippen molar-refractivity contribution >= 4 is 27.7 Å². The van der Waals surface area contributed by atoms with Crippen molar-refractivity contribution < 1.29 is 17.9 Å². The molecule has 1 rings (SSSR count). The third-order valence-corrected chi connectivity index (χ3v) is 3.87. The van der Waals surface area contributed by atoms with Crippen LogP contribution in [0.2, 0.25) is 5.02 Å². The first-order chi connectivity index (χ1) is 8.38. The lowest BCUT2D eigenvalue weighted by Crippen LogP contribution is -2.42. The molecular formula is C10H13ClN2O4S. The first kappa shape index (κ1) is 14.7. The molecule has 1 amide bonds. The van der Waals surface area contributed by atoms with Crippen molar-refractivity contribution in [1.82, 2.24) is 10.3 Å². The molecule has 0 atom stereocenters.